The SMILES string of the molecule is C=CC(=O)N1CCN(C(CC(C)C)c2ccc([C@H](C)Nc3ncc4c(n3)N(C(C)C)C(=O)NC4)cc2)CC1. The van der Waals surface area contributed by atoms with Gasteiger partial charge in [0.05, 0.1) is 6.04 Å². The molecule has 0 bridgehead atoms. The highest BCUT2D eigenvalue weighted by Gasteiger charge is 2.29. The van der Waals surface area contributed by atoms with Crippen molar-refractivity contribution in [2.75, 3.05) is 36.4 Å². The van der Waals surface area contributed by atoms with E-state index in [0.717, 1.165) is 43.7 Å². The molecule has 1 fully saturated rings. The van der Waals surface area contributed by atoms with Gasteiger partial charge in [0.25, 0.3) is 0 Å². The van der Waals surface area contributed by atoms with E-state index in [1.165, 1.54) is 11.6 Å². The van der Waals surface area contributed by atoms with E-state index in [1.807, 2.05) is 18.7 Å². The number of piperazine rings is 1. The highest BCUT2D eigenvalue weighted by atomic mass is 16.2. The van der Waals surface area contributed by atoms with Crippen LogP contribution in [0.2, 0.25) is 0 Å². The van der Waals surface area contributed by atoms with E-state index in [4.69, 9.17) is 4.98 Å². The monoisotopic (exact) mass is 519 g/mol. The third-order valence-electron chi connectivity index (χ3n) is 7.34. The van der Waals surface area contributed by atoms with Crippen molar-refractivity contribution in [2.45, 2.75) is 65.7 Å². The molecule has 1 unspecified atom stereocenters. The Hall–Kier alpha value is -3.46. The summed E-state index contributed by atoms with van der Waals surface area (Å²) in [4.78, 5) is 39.6. The van der Waals surface area contributed by atoms with E-state index < -0.39 is 0 Å². The van der Waals surface area contributed by atoms with Crippen molar-refractivity contribution in [3.05, 3.63) is 59.8 Å². The number of amides is 3. The van der Waals surface area contributed by atoms with Gasteiger partial charge in [-0.05, 0) is 50.3 Å². The topological polar surface area (TPSA) is 93.7 Å². The minimum Gasteiger partial charge on any atom is -0.348 e. The Labute approximate surface area is 226 Å². The van der Waals surface area contributed by atoms with Crippen molar-refractivity contribution in [2.24, 2.45) is 5.92 Å². The molecule has 9 heteroatoms. The van der Waals surface area contributed by atoms with E-state index in [2.05, 4.69) is 72.1 Å². The number of hydrogen-bond donors (Lipinski definition) is 2. The largest absolute Gasteiger partial charge is 0.348 e. The first-order valence-electron chi connectivity index (χ1n) is 13.6. The van der Waals surface area contributed by atoms with E-state index >= 15 is 0 Å². The van der Waals surface area contributed by atoms with Crippen LogP contribution in [0.4, 0.5) is 16.6 Å². The number of urea groups is 1. The number of carbonyl (C=O) groups is 2. The van der Waals surface area contributed by atoms with Crippen LogP contribution < -0.4 is 15.5 Å². The number of carbonyl (C=O) groups excluding carboxylic acids is 2. The fraction of sp³-hybridized carbons (Fsp3) is 0.517. The third kappa shape index (κ3) is 6.15. The van der Waals surface area contributed by atoms with Crippen molar-refractivity contribution in [1.29, 1.82) is 0 Å². The zero-order chi connectivity index (χ0) is 27.4. The average molecular weight is 520 g/mol. The molecule has 2 aliphatic heterocycles. The summed E-state index contributed by atoms with van der Waals surface area (Å²) in [6.45, 7) is 17.8. The predicted octanol–water partition coefficient (Wildman–Crippen LogP) is 4.51. The van der Waals surface area contributed by atoms with Gasteiger partial charge in [0.2, 0.25) is 11.9 Å². The third-order valence-corrected chi connectivity index (χ3v) is 7.34. The molecular weight excluding hydrogens is 478 g/mol. The highest BCUT2D eigenvalue weighted by Crippen LogP contribution is 2.31. The van der Waals surface area contributed by atoms with E-state index in [1.54, 1.807) is 11.1 Å². The molecule has 2 atom stereocenters. The van der Waals surface area contributed by atoms with Crippen molar-refractivity contribution >= 4 is 23.7 Å². The number of hydrogen-bond acceptors (Lipinski definition) is 6. The van der Waals surface area contributed by atoms with Gasteiger partial charge in [-0.3, -0.25) is 14.6 Å². The van der Waals surface area contributed by atoms with Crippen molar-refractivity contribution in [1.82, 2.24) is 25.1 Å². The van der Waals surface area contributed by atoms with E-state index in [-0.39, 0.29) is 24.0 Å². The van der Waals surface area contributed by atoms with Crippen LogP contribution in [-0.4, -0.2) is 63.9 Å². The van der Waals surface area contributed by atoms with Crippen LogP contribution in [0.1, 0.15) is 69.8 Å². The number of fused-ring (bicyclic) bond motifs is 1. The number of aromatic nitrogens is 2. The van der Waals surface area contributed by atoms with Gasteiger partial charge < -0.3 is 15.5 Å². The van der Waals surface area contributed by atoms with Gasteiger partial charge in [-0.15, -0.1) is 0 Å². The van der Waals surface area contributed by atoms with Crippen molar-refractivity contribution in [3.63, 3.8) is 0 Å². The van der Waals surface area contributed by atoms with Crippen molar-refractivity contribution < 1.29 is 9.59 Å². The molecule has 2 N–H and O–H groups in total. The van der Waals surface area contributed by atoms with Crippen molar-refractivity contribution in [3.8, 4) is 0 Å². The van der Waals surface area contributed by atoms with Gasteiger partial charge in [-0.2, -0.15) is 4.98 Å². The molecule has 4 rings (SSSR count). The number of benzene rings is 1. The molecular formula is C29H41N7O2. The predicted molar refractivity (Wildman–Crippen MR) is 151 cm³/mol. The van der Waals surface area contributed by atoms with Crippen LogP contribution in [0.5, 0.6) is 0 Å². The summed E-state index contributed by atoms with van der Waals surface area (Å²) in [5, 5.41) is 6.29. The maximum atomic E-state index is 12.4. The molecule has 204 valence electrons. The van der Waals surface area contributed by atoms with Gasteiger partial charge in [-0.25, -0.2) is 9.78 Å². The van der Waals surface area contributed by atoms with Gasteiger partial charge in [0.15, 0.2) is 0 Å². The lowest BCUT2D eigenvalue weighted by Crippen LogP contribution is -2.49. The summed E-state index contributed by atoms with van der Waals surface area (Å²) in [6, 6.07) is 8.94. The van der Waals surface area contributed by atoms with Crippen LogP contribution in [0.3, 0.4) is 0 Å². The first-order valence-corrected chi connectivity index (χ1v) is 13.6. The molecule has 2 aromatic rings. The summed E-state index contributed by atoms with van der Waals surface area (Å²) >= 11 is 0. The Morgan fingerprint density at radius 2 is 1.74 bits per heavy atom. The lowest BCUT2D eigenvalue weighted by molar-refractivity contribution is -0.128. The van der Waals surface area contributed by atoms with Crippen LogP contribution in [-0.2, 0) is 11.3 Å². The molecule has 0 saturated carbocycles. The molecule has 1 aromatic heterocycles. The van der Waals surface area contributed by atoms with Gasteiger partial charge >= 0.3 is 6.03 Å². The lowest BCUT2D eigenvalue weighted by Gasteiger charge is -2.40. The maximum absolute atomic E-state index is 12.4. The molecule has 3 heterocycles. The average Bonchev–Trinajstić information content (AvgIpc) is 2.91. The second-order valence-electron chi connectivity index (χ2n) is 10.9. The van der Waals surface area contributed by atoms with Crippen LogP contribution >= 0.6 is 0 Å². The zero-order valence-electron chi connectivity index (χ0n) is 23.3. The minimum atomic E-state index is -0.134. The minimum absolute atomic E-state index is 0.00833. The molecule has 1 saturated heterocycles. The first kappa shape index (κ1) is 27.6. The summed E-state index contributed by atoms with van der Waals surface area (Å²) < 4.78 is 0. The molecule has 2 aliphatic rings. The Morgan fingerprint density at radius 3 is 2.34 bits per heavy atom. The summed E-state index contributed by atoms with van der Waals surface area (Å²) in [5.74, 6) is 1.74. The van der Waals surface area contributed by atoms with E-state index in [0.29, 0.717) is 30.3 Å². The molecule has 0 aliphatic carbocycles. The summed E-state index contributed by atoms with van der Waals surface area (Å²) in [6.07, 6.45) is 4.25. The Morgan fingerprint density at radius 1 is 1.08 bits per heavy atom. The number of nitrogens with zero attached hydrogens (tertiary/aromatic N) is 5. The summed E-state index contributed by atoms with van der Waals surface area (Å²) in [5.41, 5.74) is 3.34. The van der Waals surface area contributed by atoms with Gasteiger partial charge in [0.1, 0.15) is 5.82 Å². The highest BCUT2D eigenvalue weighted by molar-refractivity contribution is 5.94. The lowest BCUT2D eigenvalue weighted by atomic mass is 9.93. The quantitative estimate of drug-likeness (QED) is 0.474. The number of rotatable bonds is 9. The first-order chi connectivity index (χ1) is 18.2. The second-order valence-corrected chi connectivity index (χ2v) is 10.9. The molecule has 0 spiro atoms. The van der Waals surface area contributed by atoms with Crippen LogP contribution in [0, 0.1) is 5.92 Å². The fourth-order valence-corrected chi connectivity index (χ4v) is 5.24. The number of nitrogens with one attached hydrogen (secondary N) is 2. The Bertz CT molecular complexity index is 1140. The molecule has 3 amide bonds. The maximum Gasteiger partial charge on any atom is 0.323 e. The van der Waals surface area contributed by atoms with Gasteiger partial charge in [-0.1, -0.05) is 44.7 Å². The van der Waals surface area contributed by atoms with Crippen LogP contribution in [0.25, 0.3) is 0 Å². The van der Waals surface area contributed by atoms with Crippen LogP contribution in [0.15, 0.2) is 43.1 Å². The fourth-order valence-electron chi connectivity index (χ4n) is 5.24. The molecule has 9 nitrogen and oxygen atoms in total. The van der Waals surface area contributed by atoms with Gasteiger partial charge in [0, 0.05) is 56.6 Å². The smallest absolute Gasteiger partial charge is 0.323 e. The second kappa shape index (κ2) is 11.9. The zero-order valence-corrected chi connectivity index (χ0v) is 23.3. The molecule has 1 aromatic carbocycles. The van der Waals surface area contributed by atoms with E-state index in [9.17, 15) is 9.59 Å². The normalized spacial score (nSPS) is 17.7. The molecule has 38 heavy (non-hydrogen) atoms. The standard InChI is InChI=1S/C29H41N7O2/c1-7-26(37)35-14-12-34(13-15-35)25(16-19(2)3)23-10-8-22(9-11-23)21(6)32-28-30-17-24-18-31-29(38)36(20(4)5)27(24)33-28/h7-11,17,19-21,25H,1,12-16,18H2,2-6H3,(H,31,38)(H,30,32,33)/t21-,25?/m0/s1. The number of anilines is 2. The Kier molecular flexibility index (Phi) is 8.66. The Balaban J connectivity index is 1.46. The molecule has 0 radical (unpaired) electrons. The summed E-state index contributed by atoms with van der Waals surface area (Å²) in [7, 11) is 0.